The summed E-state index contributed by atoms with van der Waals surface area (Å²) in [4.78, 5) is 15.7. The molecule has 1 aliphatic rings. The maximum absolute atomic E-state index is 13.2. The van der Waals surface area contributed by atoms with Gasteiger partial charge in [0.2, 0.25) is 0 Å². The Hall–Kier alpha value is -2.80. The number of hydrogen-bond acceptors (Lipinski definition) is 7. The summed E-state index contributed by atoms with van der Waals surface area (Å²) in [6, 6.07) is 8.52. The molecule has 0 radical (unpaired) electrons. The van der Waals surface area contributed by atoms with E-state index in [0.29, 0.717) is 18.8 Å². The number of alkyl halides is 3. The third kappa shape index (κ3) is 5.89. The number of halogens is 3. The van der Waals surface area contributed by atoms with Gasteiger partial charge in [-0.2, -0.15) is 13.2 Å². The summed E-state index contributed by atoms with van der Waals surface area (Å²) in [5, 5.41) is 0. The Morgan fingerprint density at radius 1 is 0.914 bits per heavy atom. The van der Waals surface area contributed by atoms with Crippen LogP contribution in [0.25, 0.3) is 0 Å². The van der Waals surface area contributed by atoms with Gasteiger partial charge >= 0.3 is 5.51 Å². The lowest BCUT2D eigenvalue weighted by atomic mass is 10.1. The lowest BCUT2D eigenvalue weighted by Gasteiger charge is -2.36. The Balaban J connectivity index is 1.76. The predicted octanol–water partition coefficient (Wildman–Crippen LogP) is 3.13. The highest BCUT2D eigenvalue weighted by Crippen LogP contribution is 2.31. The summed E-state index contributed by atoms with van der Waals surface area (Å²) in [5.41, 5.74) is -4.74. The fraction of sp³-hybridized carbons (Fsp3) is 0.409. The lowest BCUT2D eigenvalue weighted by molar-refractivity contribution is -0.0436. The van der Waals surface area contributed by atoms with E-state index in [1.807, 2.05) is 4.90 Å². The second kappa shape index (κ2) is 9.69. The molecule has 0 saturated carbocycles. The molecule has 1 aliphatic heterocycles. The van der Waals surface area contributed by atoms with Gasteiger partial charge < -0.3 is 14.5 Å². The van der Waals surface area contributed by atoms with Crippen LogP contribution in [0, 0.1) is 0 Å². The van der Waals surface area contributed by atoms with Crippen LogP contribution in [-0.2, 0) is 19.7 Å². The first-order valence-corrected chi connectivity index (χ1v) is 13.9. The topological polar surface area (TPSA) is 101 Å². The highest BCUT2D eigenvalue weighted by atomic mass is 32.2. The molecule has 2 aromatic carbocycles. The molecule has 1 amide bonds. The molecular weight excluding hydrogens is 509 g/mol. The largest absolute Gasteiger partial charge is 0.501 e. The first-order valence-electron chi connectivity index (χ1n) is 10.6. The van der Waals surface area contributed by atoms with E-state index in [1.54, 1.807) is 13.8 Å². The number of ether oxygens (including phenoxy) is 1. The van der Waals surface area contributed by atoms with E-state index in [1.165, 1.54) is 35.2 Å². The Bertz CT molecular complexity index is 1300. The number of carbonyl (C=O) groups is 1. The zero-order valence-corrected chi connectivity index (χ0v) is 20.9. The number of nitrogens with zero attached hydrogens (tertiary/aromatic N) is 2. The molecule has 192 valence electrons. The van der Waals surface area contributed by atoms with Crippen molar-refractivity contribution in [1.82, 2.24) is 4.90 Å². The minimum Gasteiger partial charge on any atom is -0.490 e. The fourth-order valence-electron chi connectivity index (χ4n) is 3.57. The zero-order chi connectivity index (χ0) is 26.2. The van der Waals surface area contributed by atoms with Crippen LogP contribution in [0.3, 0.4) is 0 Å². The third-order valence-corrected chi connectivity index (χ3v) is 7.97. The summed E-state index contributed by atoms with van der Waals surface area (Å²) < 4.78 is 91.0. The summed E-state index contributed by atoms with van der Waals surface area (Å²) in [6.07, 6.45) is 0.801. The van der Waals surface area contributed by atoms with Gasteiger partial charge in [0.1, 0.15) is 5.75 Å². The molecule has 0 spiro atoms. The summed E-state index contributed by atoms with van der Waals surface area (Å²) >= 11 is 0. The molecule has 35 heavy (non-hydrogen) atoms. The van der Waals surface area contributed by atoms with Gasteiger partial charge in [0, 0.05) is 38.1 Å². The number of rotatable bonds is 6. The number of anilines is 1. The number of amides is 1. The van der Waals surface area contributed by atoms with Gasteiger partial charge in [-0.1, -0.05) is 0 Å². The second-order valence-electron chi connectivity index (χ2n) is 8.32. The molecule has 0 unspecified atom stereocenters. The first-order chi connectivity index (χ1) is 16.1. The van der Waals surface area contributed by atoms with E-state index in [2.05, 4.69) is 0 Å². The van der Waals surface area contributed by atoms with Crippen molar-refractivity contribution in [2.75, 3.05) is 37.3 Å². The number of benzene rings is 2. The smallest absolute Gasteiger partial charge is 0.490 e. The molecule has 0 aromatic heterocycles. The second-order valence-corrected chi connectivity index (χ2v) is 12.3. The number of sulfone groups is 2. The predicted molar refractivity (Wildman–Crippen MR) is 123 cm³/mol. The van der Waals surface area contributed by atoms with E-state index in [4.69, 9.17) is 4.74 Å². The van der Waals surface area contributed by atoms with Crippen LogP contribution in [0.1, 0.15) is 24.2 Å². The highest BCUT2D eigenvalue weighted by Gasteiger charge is 2.46. The minimum atomic E-state index is -5.43. The summed E-state index contributed by atoms with van der Waals surface area (Å²) in [5.74, 6) is -0.140. The van der Waals surface area contributed by atoms with Crippen molar-refractivity contribution in [2.45, 2.75) is 35.3 Å². The van der Waals surface area contributed by atoms with Crippen LogP contribution in [0.5, 0.6) is 5.75 Å². The monoisotopic (exact) mass is 534 g/mol. The SMILES string of the molecule is CC(C)Oc1ccc(S(C)(=O)=O)cc1C(=O)N1CCN(c2ccc(S(=O)(=O)C(F)(F)F)cc2)CC1. The number of carbonyl (C=O) groups excluding carboxylic acids is 1. The fourth-order valence-corrected chi connectivity index (χ4v) is 4.98. The van der Waals surface area contributed by atoms with Crippen molar-refractivity contribution in [3.8, 4) is 5.75 Å². The van der Waals surface area contributed by atoms with E-state index < -0.39 is 36.0 Å². The maximum atomic E-state index is 13.2. The van der Waals surface area contributed by atoms with E-state index in [0.717, 1.165) is 18.4 Å². The van der Waals surface area contributed by atoms with Gasteiger partial charge in [-0.05, 0) is 56.3 Å². The first kappa shape index (κ1) is 26.8. The van der Waals surface area contributed by atoms with E-state index >= 15 is 0 Å². The zero-order valence-electron chi connectivity index (χ0n) is 19.2. The van der Waals surface area contributed by atoms with Crippen molar-refractivity contribution in [1.29, 1.82) is 0 Å². The van der Waals surface area contributed by atoms with Gasteiger partial charge in [0.05, 0.1) is 21.5 Å². The van der Waals surface area contributed by atoms with Crippen molar-refractivity contribution >= 4 is 31.3 Å². The molecule has 0 N–H and O–H groups in total. The standard InChI is InChI=1S/C22H25F3N2O6S2/c1-15(2)33-20-9-8-18(34(3,29)30)14-19(20)21(28)27-12-10-26(11-13-27)16-4-6-17(7-5-16)35(31,32)22(23,24)25/h4-9,14-15H,10-13H2,1-3H3. The van der Waals surface area contributed by atoms with Crippen LogP contribution in [0.15, 0.2) is 52.3 Å². The maximum Gasteiger partial charge on any atom is 0.501 e. The molecule has 8 nitrogen and oxygen atoms in total. The van der Waals surface area contributed by atoms with Gasteiger partial charge in [-0.25, -0.2) is 16.8 Å². The Labute approximate surface area is 202 Å². The molecule has 2 aromatic rings. The third-order valence-electron chi connectivity index (χ3n) is 5.36. The molecule has 13 heteroatoms. The van der Waals surface area contributed by atoms with Gasteiger partial charge in [-0.3, -0.25) is 4.79 Å². The molecule has 1 fully saturated rings. The Morgan fingerprint density at radius 2 is 1.46 bits per heavy atom. The normalized spacial score (nSPS) is 15.4. The minimum absolute atomic E-state index is 0.00973. The van der Waals surface area contributed by atoms with Crippen LogP contribution in [-0.4, -0.2) is 71.7 Å². The van der Waals surface area contributed by atoms with Crippen molar-refractivity contribution in [3.05, 3.63) is 48.0 Å². The van der Waals surface area contributed by atoms with Crippen molar-refractivity contribution in [2.24, 2.45) is 0 Å². The van der Waals surface area contributed by atoms with Crippen molar-refractivity contribution in [3.63, 3.8) is 0 Å². The highest BCUT2D eigenvalue weighted by molar-refractivity contribution is 7.92. The van der Waals surface area contributed by atoms with Gasteiger partial charge in [-0.15, -0.1) is 0 Å². The average molecular weight is 535 g/mol. The van der Waals surface area contributed by atoms with Crippen LogP contribution in [0.2, 0.25) is 0 Å². The molecule has 0 atom stereocenters. The van der Waals surface area contributed by atoms with Crippen LogP contribution in [0.4, 0.5) is 18.9 Å². The van der Waals surface area contributed by atoms with Crippen LogP contribution < -0.4 is 9.64 Å². The quantitative estimate of drug-likeness (QED) is 0.561. The number of hydrogen-bond donors (Lipinski definition) is 0. The van der Waals surface area contributed by atoms with E-state index in [-0.39, 0.29) is 35.4 Å². The molecule has 3 rings (SSSR count). The molecule has 0 aliphatic carbocycles. The van der Waals surface area contributed by atoms with Crippen LogP contribution >= 0.6 is 0 Å². The Kier molecular flexibility index (Phi) is 7.42. The average Bonchev–Trinajstić information content (AvgIpc) is 2.77. The Morgan fingerprint density at radius 3 is 1.94 bits per heavy atom. The number of piperazine rings is 1. The molecule has 1 saturated heterocycles. The summed E-state index contributed by atoms with van der Waals surface area (Å²) in [6.45, 7) is 4.75. The molecular formula is C22H25F3N2O6S2. The molecule has 0 bridgehead atoms. The molecule has 1 heterocycles. The van der Waals surface area contributed by atoms with Gasteiger partial charge in [0.25, 0.3) is 15.7 Å². The van der Waals surface area contributed by atoms with Crippen molar-refractivity contribution < 1.29 is 39.5 Å². The lowest BCUT2D eigenvalue weighted by Crippen LogP contribution is -2.48. The summed E-state index contributed by atoms with van der Waals surface area (Å²) in [7, 11) is -8.98. The van der Waals surface area contributed by atoms with E-state index in [9.17, 15) is 34.8 Å². The van der Waals surface area contributed by atoms with Gasteiger partial charge in [0.15, 0.2) is 9.84 Å².